The molecule has 1 fully saturated rings. The number of carbonyl (C=O) groups is 2. The molecule has 0 bridgehead atoms. The lowest BCUT2D eigenvalue weighted by atomic mass is 9.95. The summed E-state index contributed by atoms with van der Waals surface area (Å²) in [4.78, 5) is 28.2. The molecule has 132 valence electrons. The topological polar surface area (TPSA) is 52.7 Å². The summed E-state index contributed by atoms with van der Waals surface area (Å²) in [5, 5.41) is 2.63. The number of halogens is 2. The van der Waals surface area contributed by atoms with E-state index in [4.69, 9.17) is 0 Å². The molecule has 24 heavy (non-hydrogen) atoms. The van der Waals surface area contributed by atoms with Crippen molar-refractivity contribution >= 4 is 33.4 Å². The van der Waals surface area contributed by atoms with E-state index >= 15 is 0 Å². The number of hydrogen-bond acceptors (Lipinski definition) is 3. The lowest BCUT2D eigenvalue weighted by molar-refractivity contribution is -0.136. The fraction of sp³-hybridized carbons (Fsp3) is 0.529. The minimum absolute atomic E-state index is 0.0891. The fourth-order valence-corrected chi connectivity index (χ4v) is 3.25. The maximum Gasteiger partial charge on any atom is 0.241 e. The Bertz CT molecular complexity index is 624. The van der Waals surface area contributed by atoms with Gasteiger partial charge in [0.2, 0.25) is 11.8 Å². The van der Waals surface area contributed by atoms with Crippen molar-refractivity contribution in [3.8, 4) is 0 Å². The van der Waals surface area contributed by atoms with E-state index in [0.29, 0.717) is 11.0 Å². The zero-order valence-electron chi connectivity index (χ0n) is 14.2. The highest BCUT2D eigenvalue weighted by Gasteiger charge is 2.31. The van der Waals surface area contributed by atoms with Crippen LogP contribution in [-0.2, 0) is 9.59 Å². The summed E-state index contributed by atoms with van der Waals surface area (Å²) in [5.41, 5.74) is 0.160. The Kier molecular flexibility index (Phi) is 6.34. The number of nitrogens with zero attached hydrogens (tertiary/aromatic N) is 2. The number of benzene rings is 1. The van der Waals surface area contributed by atoms with E-state index in [1.807, 2.05) is 4.90 Å². The van der Waals surface area contributed by atoms with Crippen molar-refractivity contribution < 1.29 is 14.0 Å². The van der Waals surface area contributed by atoms with Gasteiger partial charge in [0.15, 0.2) is 0 Å². The molecule has 0 spiro atoms. The Balaban J connectivity index is 2.00. The lowest BCUT2D eigenvalue weighted by Gasteiger charge is -2.36. The Labute approximate surface area is 150 Å². The first kappa shape index (κ1) is 18.9. The molecule has 1 aromatic rings. The van der Waals surface area contributed by atoms with Gasteiger partial charge in [0.05, 0.1) is 17.6 Å². The highest BCUT2D eigenvalue weighted by atomic mass is 79.9. The number of nitrogens with one attached hydrogen (secondary N) is 1. The predicted molar refractivity (Wildman–Crippen MR) is 95.2 cm³/mol. The molecular formula is C17H23BrFN3O2. The molecular weight excluding hydrogens is 377 g/mol. The second-order valence-corrected chi connectivity index (χ2v) is 7.27. The number of carbonyl (C=O) groups excluding carboxylic acids is 2. The molecule has 7 heteroatoms. The minimum Gasteiger partial charge on any atom is -0.349 e. The standard InChI is InChI=1S/C17H23BrFN3O2/c1-11(16(23)20-15-7-6-13(18)9-14(15)19)22-8-4-5-12(10-22)17(24)21(2)3/h6-7,9,11-12H,4-5,8,10H2,1-3H3,(H,20,23). The van der Waals surface area contributed by atoms with Crippen molar-refractivity contribution in [2.75, 3.05) is 32.5 Å². The minimum atomic E-state index is -0.482. The van der Waals surface area contributed by atoms with Gasteiger partial charge in [-0.3, -0.25) is 14.5 Å². The number of rotatable bonds is 4. The van der Waals surface area contributed by atoms with Crippen LogP contribution in [0.3, 0.4) is 0 Å². The summed E-state index contributed by atoms with van der Waals surface area (Å²) in [6.45, 7) is 3.09. The zero-order valence-corrected chi connectivity index (χ0v) is 15.8. The average Bonchev–Trinajstić information content (AvgIpc) is 2.55. The molecule has 1 heterocycles. The number of piperidine rings is 1. The van der Waals surface area contributed by atoms with Gasteiger partial charge in [0.1, 0.15) is 5.82 Å². The monoisotopic (exact) mass is 399 g/mol. The van der Waals surface area contributed by atoms with E-state index in [-0.39, 0.29) is 23.4 Å². The van der Waals surface area contributed by atoms with Crippen LogP contribution >= 0.6 is 15.9 Å². The highest BCUT2D eigenvalue weighted by Crippen LogP contribution is 2.22. The van der Waals surface area contributed by atoms with Crippen molar-refractivity contribution in [3.63, 3.8) is 0 Å². The third kappa shape index (κ3) is 4.54. The van der Waals surface area contributed by atoms with Gasteiger partial charge < -0.3 is 10.2 Å². The van der Waals surface area contributed by atoms with E-state index in [0.717, 1.165) is 19.4 Å². The largest absolute Gasteiger partial charge is 0.349 e. The summed E-state index contributed by atoms with van der Waals surface area (Å²) in [6.07, 6.45) is 1.71. The molecule has 1 aliphatic rings. The van der Waals surface area contributed by atoms with Crippen LogP contribution in [0.4, 0.5) is 10.1 Å². The van der Waals surface area contributed by atoms with E-state index in [2.05, 4.69) is 21.2 Å². The van der Waals surface area contributed by atoms with E-state index in [1.54, 1.807) is 32.0 Å². The molecule has 0 aromatic heterocycles. The van der Waals surface area contributed by atoms with Crippen LogP contribution in [0.25, 0.3) is 0 Å². The van der Waals surface area contributed by atoms with Crippen molar-refractivity contribution in [2.24, 2.45) is 5.92 Å². The normalized spacial score (nSPS) is 19.6. The van der Waals surface area contributed by atoms with Gasteiger partial charge in [0.25, 0.3) is 0 Å². The lowest BCUT2D eigenvalue weighted by Crippen LogP contribution is -2.49. The van der Waals surface area contributed by atoms with Gasteiger partial charge in [-0.1, -0.05) is 15.9 Å². The van der Waals surface area contributed by atoms with Crippen molar-refractivity contribution in [3.05, 3.63) is 28.5 Å². The second kappa shape index (κ2) is 8.07. The molecule has 1 aliphatic heterocycles. The van der Waals surface area contributed by atoms with Gasteiger partial charge in [-0.25, -0.2) is 4.39 Å². The molecule has 2 unspecified atom stereocenters. The maximum atomic E-state index is 13.9. The van der Waals surface area contributed by atoms with Gasteiger partial charge in [-0.2, -0.15) is 0 Å². The zero-order chi connectivity index (χ0) is 17.9. The second-order valence-electron chi connectivity index (χ2n) is 6.36. The van der Waals surface area contributed by atoms with Gasteiger partial charge in [0, 0.05) is 25.1 Å². The number of anilines is 1. The van der Waals surface area contributed by atoms with Crippen molar-refractivity contribution in [1.82, 2.24) is 9.80 Å². The van der Waals surface area contributed by atoms with Crippen LogP contribution in [0.2, 0.25) is 0 Å². The van der Waals surface area contributed by atoms with Crippen LogP contribution in [0.5, 0.6) is 0 Å². The summed E-state index contributed by atoms with van der Waals surface area (Å²) >= 11 is 3.19. The molecule has 2 amide bonds. The molecule has 5 nitrogen and oxygen atoms in total. The quantitative estimate of drug-likeness (QED) is 0.846. The van der Waals surface area contributed by atoms with Crippen LogP contribution in [0.1, 0.15) is 19.8 Å². The Morgan fingerprint density at radius 3 is 2.75 bits per heavy atom. The fourth-order valence-electron chi connectivity index (χ4n) is 2.92. The molecule has 2 atom stereocenters. The first-order chi connectivity index (χ1) is 11.3. The average molecular weight is 400 g/mol. The summed E-state index contributed by atoms with van der Waals surface area (Å²) in [6, 6.07) is 4.09. The van der Waals surface area contributed by atoms with Crippen LogP contribution < -0.4 is 5.32 Å². The van der Waals surface area contributed by atoms with E-state index in [9.17, 15) is 14.0 Å². The molecule has 0 radical (unpaired) electrons. The van der Waals surface area contributed by atoms with Crippen LogP contribution in [0.15, 0.2) is 22.7 Å². The SMILES string of the molecule is CC(C(=O)Nc1ccc(Br)cc1F)N1CCCC(C(=O)N(C)C)C1. The summed E-state index contributed by atoms with van der Waals surface area (Å²) in [5.74, 6) is -0.752. The maximum absolute atomic E-state index is 13.9. The molecule has 0 saturated carbocycles. The predicted octanol–water partition coefficient (Wildman–Crippen LogP) is 2.72. The number of likely N-dealkylation sites (tertiary alicyclic amines) is 1. The smallest absolute Gasteiger partial charge is 0.241 e. The van der Waals surface area contributed by atoms with Crippen LogP contribution in [-0.4, -0.2) is 54.8 Å². The Morgan fingerprint density at radius 2 is 2.12 bits per heavy atom. The molecule has 0 aliphatic carbocycles. The molecule has 1 saturated heterocycles. The summed E-state index contributed by atoms with van der Waals surface area (Å²) in [7, 11) is 3.49. The van der Waals surface area contributed by atoms with Crippen molar-refractivity contribution in [2.45, 2.75) is 25.8 Å². The van der Waals surface area contributed by atoms with Crippen LogP contribution in [0, 0.1) is 11.7 Å². The number of amides is 2. The van der Waals surface area contributed by atoms with Gasteiger partial charge in [-0.05, 0) is 44.5 Å². The van der Waals surface area contributed by atoms with Gasteiger partial charge >= 0.3 is 0 Å². The molecule has 2 rings (SSSR count). The molecule has 1 N–H and O–H groups in total. The highest BCUT2D eigenvalue weighted by molar-refractivity contribution is 9.10. The summed E-state index contributed by atoms with van der Waals surface area (Å²) < 4.78 is 14.5. The van der Waals surface area contributed by atoms with E-state index in [1.165, 1.54) is 12.1 Å². The third-order valence-electron chi connectivity index (χ3n) is 4.36. The first-order valence-corrected chi connectivity index (χ1v) is 8.80. The Morgan fingerprint density at radius 1 is 1.42 bits per heavy atom. The molecule has 1 aromatic carbocycles. The third-order valence-corrected chi connectivity index (χ3v) is 4.85. The first-order valence-electron chi connectivity index (χ1n) is 8.00. The van der Waals surface area contributed by atoms with Crippen molar-refractivity contribution in [1.29, 1.82) is 0 Å². The van der Waals surface area contributed by atoms with E-state index < -0.39 is 11.9 Å². The number of hydrogen-bond donors (Lipinski definition) is 1. The Hall–Kier alpha value is -1.47. The van der Waals surface area contributed by atoms with Gasteiger partial charge in [-0.15, -0.1) is 0 Å².